The van der Waals surface area contributed by atoms with Crippen molar-refractivity contribution in [2.45, 2.75) is 19.8 Å². The Balaban J connectivity index is 1.57. The van der Waals surface area contributed by atoms with Crippen LogP contribution in [0.4, 0.5) is 5.69 Å². The fourth-order valence-corrected chi connectivity index (χ4v) is 3.74. The second-order valence-electron chi connectivity index (χ2n) is 7.73. The van der Waals surface area contributed by atoms with Gasteiger partial charge in [0.25, 0.3) is 5.56 Å². The van der Waals surface area contributed by atoms with Gasteiger partial charge in [-0.1, -0.05) is 0 Å². The van der Waals surface area contributed by atoms with E-state index >= 15 is 0 Å². The summed E-state index contributed by atoms with van der Waals surface area (Å²) < 4.78 is 13.7. The van der Waals surface area contributed by atoms with Gasteiger partial charge in [-0.15, -0.1) is 0 Å². The standard InChI is InChI=1S/C25H26N4O4/c1-16-21(13-14-23(30)26-18-7-11-20(33-4)12-8-18)25(31)29-24(28(16)2)15-22(27-29)17-5-9-19(32-3)10-6-17/h5-12,15H,13-14H2,1-4H3,(H,26,30). The monoisotopic (exact) mass is 446 g/mol. The molecular weight excluding hydrogens is 420 g/mol. The fraction of sp³-hybridized carbons (Fsp3) is 0.240. The largest absolute Gasteiger partial charge is 0.497 e. The maximum atomic E-state index is 13.2. The first-order chi connectivity index (χ1) is 15.9. The summed E-state index contributed by atoms with van der Waals surface area (Å²) in [7, 11) is 5.10. The molecule has 8 heteroatoms. The van der Waals surface area contributed by atoms with Crippen LogP contribution in [0.2, 0.25) is 0 Å². The number of nitrogens with one attached hydrogen (secondary N) is 1. The highest BCUT2D eigenvalue weighted by atomic mass is 16.5. The van der Waals surface area contributed by atoms with Crippen LogP contribution in [0.25, 0.3) is 16.9 Å². The van der Waals surface area contributed by atoms with Gasteiger partial charge in [0.1, 0.15) is 17.1 Å². The number of hydrogen-bond acceptors (Lipinski definition) is 5. The highest BCUT2D eigenvalue weighted by Gasteiger charge is 2.17. The number of amides is 1. The smallest absolute Gasteiger partial charge is 0.277 e. The number of benzene rings is 2. The van der Waals surface area contributed by atoms with Crippen LogP contribution in [0.1, 0.15) is 17.7 Å². The van der Waals surface area contributed by atoms with Crippen LogP contribution >= 0.6 is 0 Å². The van der Waals surface area contributed by atoms with Crippen LogP contribution in [0.15, 0.2) is 59.4 Å². The topological polar surface area (TPSA) is 86.9 Å². The fourth-order valence-electron chi connectivity index (χ4n) is 3.74. The molecule has 0 aliphatic heterocycles. The van der Waals surface area contributed by atoms with E-state index in [0.717, 1.165) is 17.0 Å². The second kappa shape index (κ2) is 9.20. The van der Waals surface area contributed by atoms with Crippen LogP contribution in [-0.2, 0) is 18.3 Å². The molecule has 2 aromatic carbocycles. The van der Waals surface area contributed by atoms with E-state index in [1.54, 1.807) is 38.5 Å². The van der Waals surface area contributed by atoms with Crippen LogP contribution in [0, 0.1) is 6.92 Å². The highest BCUT2D eigenvalue weighted by molar-refractivity contribution is 5.90. The third kappa shape index (κ3) is 4.45. The van der Waals surface area contributed by atoms with Crippen molar-refractivity contribution in [2.75, 3.05) is 19.5 Å². The molecule has 0 atom stereocenters. The SMILES string of the molecule is COc1ccc(NC(=O)CCc2c(C)n(C)c3cc(-c4ccc(OC)cc4)nn3c2=O)cc1. The normalized spacial score (nSPS) is 10.9. The van der Waals surface area contributed by atoms with Crippen molar-refractivity contribution in [3.63, 3.8) is 0 Å². The van der Waals surface area contributed by atoms with Crippen LogP contribution < -0.4 is 20.3 Å². The Morgan fingerprint density at radius 1 is 1.00 bits per heavy atom. The van der Waals surface area contributed by atoms with Gasteiger partial charge in [-0.2, -0.15) is 9.61 Å². The summed E-state index contributed by atoms with van der Waals surface area (Å²) in [4.78, 5) is 25.7. The zero-order valence-corrected chi connectivity index (χ0v) is 19.1. The average molecular weight is 447 g/mol. The summed E-state index contributed by atoms with van der Waals surface area (Å²) >= 11 is 0. The number of hydrogen-bond donors (Lipinski definition) is 1. The van der Waals surface area contributed by atoms with Gasteiger partial charge >= 0.3 is 0 Å². The molecule has 0 bridgehead atoms. The van der Waals surface area contributed by atoms with Crippen molar-refractivity contribution >= 4 is 17.2 Å². The van der Waals surface area contributed by atoms with E-state index in [4.69, 9.17) is 9.47 Å². The summed E-state index contributed by atoms with van der Waals surface area (Å²) in [5, 5.41) is 7.40. The lowest BCUT2D eigenvalue weighted by atomic mass is 10.1. The Bertz CT molecular complexity index is 1350. The number of methoxy groups -OCH3 is 2. The first kappa shape index (κ1) is 22.1. The molecule has 4 rings (SSSR count). The van der Waals surface area contributed by atoms with Gasteiger partial charge in [-0.3, -0.25) is 9.59 Å². The maximum absolute atomic E-state index is 13.2. The van der Waals surface area contributed by atoms with Gasteiger partial charge in [0.05, 0.1) is 19.9 Å². The predicted molar refractivity (Wildman–Crippen MR) is 127 cm³/mol. The van der Waals surface area contributed by atoms with Crippen molar-refractivity contribution < 1.29 is 14.3 Å². The molecule has 0 aliphatic carbocycles. The maximum Gasteiger partial charge on any atom is 0.277 e. The number of carbonyl (C=O) groups is 1. The molecule has 0 radical (unpaired) electrons. The summed E-state index contributed by atoms with van der Waals surface area (Å²) in [5.74, 6) is 1.30. The molecule has 170 valence electrons. The molecule has 0 spiro atoms. The molecule has 1 N–H and O–H groups in total. The molecule has 2 aromatic heterocycles. The third-order valence-electron chi connectivity index (χ3n) is 5.79. The van der Waals surface area contributed by atoms with Crippen molar-refractivity contribution in [3.8, 4) is 22.8 Å². The van der Waals surface area contributed by atoms with Crippen molar-refractivity contribution in [1.29, 1.82) is 0 Å². The van der Waals surface area contributed by atoms with Gasteiger partial charge in [0.15, 0.2) is 0 Å². The molecule has 0 fully saturated rings. The Kier molecular flexibility index (Phi) is 6.17. The molecule has 4 aromatic rings. The van der Waals surface area contributed by atoms with Crippen molar-refractivity contribution in [3.05, 3.63) is 76.2 Å². The van der Waals surface area contributed by atoms with Gasteiger partial charge in [-0.25, -0.2) is 0 Å². The van der Waals surface area contributed by atoms with Crippen molar-refractivity contribution in [2.24, 2.45) is 7.05 Å². The van der Waals surface area contributed by atoms with Gasteiger partial charge in [0, 0.05) is 42.0 Å². The molecule has 33 heavy (non-hydrogen) atoms. The first-order valence-corrected chi connectivity index (χ1v) is 10.6. The number of anilines is 1. The van der Waals surface area contributed by atoms with Crippen LogP contribution in [-0.4, -0.2) is 34.3 Å². The summed E-state index contributed by atoms with van der Waals surface area (Å²) in [6.45, 7) is 1.89. The minimum atomic E-state index is -0.211. The van der Waals surface area contributed by atoms with Gasteiger partial charge < -0.3 is 19.4 Å². The second-order valence-corrected chi connectivity index (χ2v) is 7.73. The molecule has 8 nitrogen and oxygen atoms in total. The number of nitrogens with zero attached hydrogens (tertiary/aromatic N) is 3. The van der Waals surface area contributed by atoms with E-state index in [-0.39, 0.29) is 17.9 Å². The van der Waals surface area contributed by atoms with E-state index < -0.39 is 0 Å². The summed E-state index contributed by atoms with van der Waals surface area (Å²) in [6.07, 6.45) is 0.494. The molecular formula is C25H26N4O4. The van der Waals surface area contributed by atoms with Crippen molar-refractivity contribution in [1.82, 2.24) is 14.2 Å². The lowest BCUT2D eigenvalue weighted by molar-refractivity contribution is -0.116. The summed E-state index contributed by atoms with van der Waals surface area (Å²) in [6, 6.07) is 16.5. The number of carbonyl (C=O) groups excluding carboxylic acids is 1. The van der Waals surface area contributed by atoms with E-state index in [2.05, 4.69) is 10.4 Å². The number of fused-ring (bicyclic) bond motifs is 1. The van der Waals surface area contributed by atoms with Crippen LogP contribution in [0.5, 0.6) is 11.5 Å². The van der Waals surface area contributed by atoms with E-state index in [1.165, 1.54) is 4.52 Å². The third-order valence-corrected chi connectivity index (χ3v) is 5.79. The minimum absolute atomic E-state index is 0.166. The molecule has 2 heterocycles. The number of rotatable bonds is 7. The minimum Gasteiger partial charge on any atom is -0.497 e. The van der Waals surface area contributed by atoms with Crippen LogP contribution in [0.3, 0.4) is 0 Å². The average Bonchev–Trinajstić information content (AvgIpc) is 3.29. The molecule has 0 aliphatic rings. The van der Waals surface area contributed by atoms with E-state index in [9.17, 15) is 9.59 Å². The van der Waals surface area contributed by atoms with Gasteiger partial charge in [0.2, 0.25) is 5.91 Å². The predicted octanol–water partition coefficient (Wildman–Crippen LogP) is 3.60. The number of ether oxygens (including phenoxy) is 2. The highest BCUT2D eigenvalue weighted by Crippen LogP contribution is 2.23. The van der Waals surface area contributed by atoms with Gasteiger partial charge in [-0.05, 0) is 61.9 Å². The number of aryl methyl sites for hydroxylation is 1. The lowest BCUT2D eigenvalue weighted by Gasteiger charge is -2.12. The Morgan fingerprint density at radius 2 is 1.61 bits per heavy atom. The first-order valence-electron chi connectivity index (χ1n) is 10.6. The van der Waals surface area contributed by atoms with E-state index in [0.29, 0.717) is 34.8 Å². The molecule has 0 saturated heterocycles. The number of aromatic nitrogens is 3. The Hall–Kier alpha value is -4.07. The summed E-state index contributed by atoms with van der Waals surface area (Å²) in [5.41, 5.74) is 4.12. The van der Waals surface area contributed by atoms with E-state index in [1.807, 2.05) is 48.9 Å². The Morgan fingerprint density at radius 3 is 2.21 bits per heavy atom. The molecule has 0 saturated carbocycles. The molecule has 0 unspecified atom stereocenters. The lowest BCUT2D eigenvalue weighted by Crippen LogP contribution is -2.26. The Labute approximate surface area is 191 Å². The molecule has 1 amide bonds. The quantitative estimate of drug-likeness (QED) is 0.469. The zero-order valence-electron chi connectivity index (χ0n) is 19.1. The zero-order chi connectivity index (χ0) is 23.5.